The Balaban J connectivity index is 1.69. The molecule has 23 heavy (non-hydrogen) atoms. The minimum absolute atomic E-state index is 0.0667. The molecule has 0 spiro atoms. The lowest BCUT2D eigenvalue weighted by Crippen LogP contribution is -2.29. The molecule has 1 amide bonds. The Hall–Kier alpha value is -2.42. The summed E-state index contributed by atoms with van der Waals surface area (Å²) in [6.45, 7) is 4.35. The van der Waals surface area contributed by atoms with Gasteiger partial charge in [0.2, 0.25) is 5.91 Å². The number of nitrogens with zero attached hydrogens (tertiary/aromatic N) is 1. The number of aryl methyl sites for hydroxylation is 2. The molecule has 2 aromatic carbocycles. The fourth-order valence-corrected chi connectivity index (χ4v) is 3.13. The number of anilines is 1. The molecule has 0 saturated carbocycles. The molecule has 3 rings (SSSR count). The van der Waals surface area contributed by atoms with Gasteiger partial charge in [0.1, 0.15) is 0 Å². The molecule has 118 valence electrons. The number of rotatable bonds is 4. The van der Waals surface area contributed by atoms with Crippen molar-refractivity contribution in [3.63, 3.8) is 0 Å². The van der Waals surface area contributed by atoms with E-state index in [1.807, 2.05) is 29.2 Å². The van der Waals surface area contributed by atoms with Crippen molar-refractivity contribution in [2.75, 3.05) is 11.4 Å². The van der Waals surface area contributed by atoms with Crippen molar-refractivity contribution in [1.29, 1.82) is 0 Å². The van der Waals surface area contributed by atoms with Gasteiger partial charge in [0, 0.05) is 24.2 Å². The van der Waals surface area contributed by atoms with Gasteiger partial charge in [-0.25, -0.2) is 0 Å². The van der Waals surface area contributed by atoms with Crippen molar-refractivity contribution in [2.45, 2.75) is 33.1 Å². The smallest absolute Gasteiger partial charge is 0.227 e. The highest BCUT2D eigenvalue weighted by atomic mass is 16.2. The Labute approximate surface area is 136 Å². The summed E-state index contributed by atoms with van der Waals surface area (Å²) in [4.78, 5) is 25.9. The standard InChI is InChI=1S/C20H21NO2/c1-14-4-3-5-16(12-14)6-9-20(23)21-11-10-18-13-17(15(2)22)7-8-19(18)21/h3-5,7-8,12-13H,6,9-11H2,1-2H3. The highest BCUT2D eigenvalue weighted by Gasteiger charge is 2.24. The Morgan fingerprint density at radius 1 is 1.13 bits per heavy atom. The van der Waals surface area contributed by atoms with Crippen LogP contribution in [0.4, 0.5) is 5.69 Å². The van der Waals surface area contributed by atoms with Crippen LogP contribution in [0.5, 0.6) is 0 Å². The van der Waals surface area contributed by atoms with E-state index in [0.717, 1.165) is 29.7 Å². The third kappa shape index (κ3) is 3.34. The molecule has 1 heterocycles. The van der Waals surface area contributed by atoms with Gasteiger partial charge in [0.25, 0.3) is 0 Å². The molecule has 0 radical (unpaired) electrons. The molecule has 0 bridgehead atoms. The van der Waals surface area contributed by atoms with Gasteiger partial charge in [-0.3, -0.25) is 9.59 Å². The monoisotopic (exact) mass is 307 g/mol. The zero-order valence-corrected chi connectivity index (χ0v) is 13.6. The van der Waals surface area contributed by atoms with E-state index in [2.05, 4.69) is 25.1 Å². The Morgan fingerprint density at radius 3 is 2.70 bits per heavy atom. The van der Waals surface area contributed by atoms with Crippen LogP contribution in [-0.4, -0.2) is 18.2 Å². The molecule has 0 unspecified atom stereocenters. The first-order valence-corrected chi connectivity index (χ1v) is 8.04. The van der Waals surface area contributed by atoms with Crippen molar-refractivity contribution in [3.05, 3.63) is 64.7 Å². The fraction of sp³-hybridized carbons (Fsp3) is 0.300. The summed E-state index contributed by atoms with van der Waals surface area (Å²) in [7, 11) is 0. The maximum absolute atomic E-state index is 12.5. The zero-order chi connectivity index (χ0) is 16.4. The van der Waals surface area contributed by atoms with Gasteiger partial charge in [-0.1, -0.05) is 29.8 Å². The maximum Gasteiger partial charge on any atom is 0.227 e. The van der Waals surface area contributed by atoms with E-state index in [1.54, 1.807) is 6.92 Å². The molecular weight excluding hydrogens is 286 g/mol. The number of carbonyl (C=O) groups is 2. The normalized spacial score (nSPS) is 13.0. The van der Waals surface area contributed by atoms with Crippen LogP contribution in [0.25, 0.3) is 0 Å². The van der Waals surface area contributed by atoms with Crippen LogP contribution in [0.1, 0.15) is 40.4 Å². The minimum Gasteiger partial charge on any atom is -0.312 e. The molecule has 3 heteroatoms. The summed E-state index contributed by atoms with van der Waals surface area (Å²) in [5.74, 6) is 0.220. The Bertz CT molecular complexity index is 764. The summed E-state index contributed by atoms with van der Waals surface area (Å²) < 4.78 is 0. The number of carbonyl (C=O) groups excluding carboxylic acids is 2. The minimum atomic E-state index is 0.0667. The largest absolute Gasteiger partial charge is 0.312 e. The van der Waals surface area contributed by atoms with E-state index in [-0.39, 0.29) is 11.7 Å². The third-order valence-electron chi connectivity index (χ3n) is 4.39. The molecule has 0 saturated heterocycles. The third-order valence-corrected chi connectivity index (χ3v) is 4.39. The van der Waals surface area contributed by atoms with E-state index >= 15 is 0 Å². The van der Waals surface area contributed by atoms with Crippen LogP contribution in [0, 0.1) is 6.92 Å². The topological polar surface area (TPSA) is 37.4 Å². The van der Waals surface area contributed by atoms with Crippen LogP contribution < -0.4 is 4.90 Å². The van der Waals surface area contributed by atoms with Gasteiger partial charge >= 0.3 is 0 Å². The van der Waals surface area contributed by atoms with Crippen molar-refractivity contribution in [2.24, 2.45) is 0 Å². The van der Waals surface area contributed by atoms with Gasteiger partial charge in [-0.15, -0.1) is 0 Å². The summed E-state index contributed by atoms with van der Waals surface area (Å²) >= 11 is 0. The molecule has 0 fully saturated rings. The van der Waals surface area contributed by atoms with Crippen molar-refractivity contribution in [1.82, 2.24) is 0 Å². The van der Waals surface area contributed by atoms with E-state index in [1.165, 1.54) is 11.1 Å². The van der Waals surface area contributed by atoms with Crippen LogP contribution in [0.2, 0.25) is 0 Å². The van der Waals surface area contributed by atoms with E-state index in [0.29, 0.717) is 13.0 Å². The quantitative estimate of drug-likeness (QED) is 0.807. The van der Waals surface area contributed by atoms with Crippen molar-refractivity contribution < 1.29 is 9.59 Å². The molecule has 1 aliphatic heterocycles. The number of fused-ring (bicyclic) bond motifs is 1. The molecule has 0 atom stereocenters. The average Bonchev–Trinajstić information content (AvgIpc) is 2.95. The zero-order valence-electron chi connectivity index (χ0n) is 13.6. The highest BCUT2D eigenvalue weighted by molar-refractivity contribution is 5.98. The number of Topliss-reactive ketones (excluding diaryl/α,β-unsaturated/α-hetero) is 1. The van der Waals surface area contributed by atoms with Gasteiger partial charge in [-0.05, 0) is 56.0 Å². The molecule has 0 aliphatic carbocycles. The van der Waals surface area contributed by atoms with E-state index in [4.69, 9.17) is 0 Å². The highest BCUT2D eigenvalue weighted by Crippen LogP contribution is 2.29. The van der Waals surface area contributed by atoms with E-state index < -0.39 is 0 Å². The van der Waals surface area contributed by atoms with Gasteiger partial charge in [0.15, 0.2) is 5.78 Å². The first-order chi connectivity index (χ1) is 11.0. The van der Waals surface area contributed by atoms with Gasteiger partial charge in [-0.2, -0.15) is 0 Å². The van der Waals surface area contributed by atoms with Crippen LogP contribution in [0.15, 0.2) is 42.5 Å². The summed E-state index contributed by atoms with van der Waals surface area (Å²) in [6.07, 6.45) is 2.10. The second-order valence-electron chi connectivity index (χ2n) is 6.18. The number of hydrogen-bond acceptors (Lipinski definition) is 2. The van der Waals surface area contributed by atoms with Crippen molar-refractivity contribution in [3.8, 4) is 0 Å². The molecule has 0 aromatic heterocycles. The van der Waals surface area contributed by atoms with Gasteiger partial charge in [0.05, 0.1) is 0 Å². The van der Waals surface area contributed by atoms with Crippen LogP contribution >= 0.6 is 0 Å². The number of benzene rings is 2. The van der Waals surface area contributed by atoms with Crippen LogP contribution in [0.3, 0.4) is 0 Å². The molecule has 0 N–H and O–H groups in total. The second-order valence-corrected chi connectivity index (χ2v) is 6.18. The number of amides is 1. The predicted octanol–water partition coefficient (Wildman–Crippen LogP) is 3.72. The fourth-order valence-electron chi connectivity index (χ4n) is 3.13. The first kappa shape index (κ1) is 15.5. The Kier molecular flexibility index (Phi) is 4.28. The maximum atomic E-state index is 12.5. The van der Waals surface area contributed by atoms with Gasteiger partial charge < -0.3 is 4.90 Å². The van der Waals surface area contributed by atoms with E-state index in [9.17, 15) is 9.59 Å². The molecule has 1 aliphatic rings. The number of hydrogen-bond donors (Lipinski definition) is 0. The summed E-state index contributed by atoms with van der Waals surface area (Å²) in [5, 5.41) is 0. The lowest BCUT2D eigenvalue weighted by atomic mass is 10.1. The molecule has 2 aromatic rings. The molecule has 3 nitrogen and oxygen atoms in total. The lowest BCUT2D eigenvalue weighted by molar-refractivity contribution is -0.118. The lowest BCUT2D eigenvalue weighted by Gasteiger charge is -2.17. The Morgan fingerprint density at radius 2 is 1.96 bits per heavy atom. The summed E-state index contributed by atoms with van der Waals surface area (Å²) in [5.41, 5.74) is 5.20. The summed E-state index contributed by atoms with van der Waals surface area (Å²) in [6, 6.07) is 13.9. The predicted molar refractivity (Wildman–Crippen MR) is 92.0 cm³/mol. The average molecular weight is 307 g/mol. The second kappa shape index (κ2) is 6.37. The SMILES string of the molecule is CC(=O)c1ccc2c(c1)CCN2C(=O)CCc1cccc(C)c1. The first-order valence-electron chi connectivity index (χ1n) is 8.04. The van der Waals surface area contributed by atoms with Crippen LogP contribution in [-0.2, 0) is 17.6 Å². The number of ketones is 1. The molecular formula is C20H21NO2. The van der Waals surface area contributed by atoms with Crippen molar-refractivity contribution >= 4 is 17.4 Å².